The van der Waals surface area contributed by atoms with E-state index in [2.05, 4.69) is 11.1 Å². The van der Waals surface area contributed by atoms with Crippen molar-refractivity contribution in [2.24, 2.45) is 5.10 Å². The van der Waals surface area contributed by atoms with Crippen molar-refractivity contribution >= 4 is 28.9 Å². The minimum atomic E-state index is -0.413. The molecule has 0 spiro atoms. The van der Waals surface area contributed by atoms with E-state index in [1.807, 2.05) is 84.9 Å². The fourth-order valence-electron chi connectivity index (χ4n) is 4.76. The molecule has 2 aliphatic rings. The van der Waals surface area contributed by atoms with Crippen LogP contribution in [0, 0.1) is 0 Å². The number of benzene rings is 4. The molecule has 4 aromatic rings. The molecule has 4 aromatic carbocycles. The van der Waals surface area contributed by atoms with E-state index in [9.17, 15) is 0 Å². The summed E-state index contributed by atoms with van der Waals surface area (Å²) in [6, 6.07) is 29.4. The molecule has 0 N–H and O–H groups in total. The number of nitrogens with zero attached hydrogens (tertiary/aromatic N) is 2. The molecule has 0 aliphatic carbocycles. The predicted octanol–water partition coefficient (Wildman–Crippen LogP) is 7.82. The third kappa shape index (κ3) is 4.73. The van der Waals surface area contributed by atoms with Crippen LogP contribution in [-0.4, -0.2) is 17.8 Å². The number of hydrazone groups is 1. The zero-order chi connectivity index (χ0) is 25.4. The molecule has 2 atom stereocenters. The van der Waals surface area contributed by atoms with E-state index in [1.165, 1.54) is 0 Å². The number of para-hydroxylation sites is 1. The molecular formula is C30H24Cl2N2O3. The van der Waals surface area contributed by atoms with Gasteiger partial charge in [-0.05, 0) is 65.7 Å². The van der Waals surface area contributed by atoms with Crippen molar-refractivity contribution in [1.29, 1.82) is 0 Å². The van der Waals surface area contributed by atoms with Gasteiger partial charge in [0.1, 0.15) is 12.4 Å². The highest BCUT2D eigenvalue weighted by Crippen LogP contribution is 2.50. The molecule has 186 valence electrons. The number of rotatable bonds is 6. The first-order valence-electron chi connectivity index (χ1n) is 12.0. The van der Waals surface area contributed by atoms with Gasteiger partial charge in [-0.25, -0.2) is 5.01 Å². The average Bonchev–Trinajstić information content (AvgIpc) is 3.38. The maximum Gasteiger partial charge on any atom is 0.214 e. The lowest BCUT2D eigenvalue weighted by atomic mass is 9.95. The fraction of sp³-hybridized carbons (Fsp3) is 0.167. The summed E-state index contributed by atoms with van der Waals surface area (Å²) in [6.45, 7) is 0.462. The van der Waals surface area contributed by atoms with Crippen LogP contribution >= 0.6 is 23.2 Å². The van der Waals surface area contributed by atoms with Gasteiger partial charge in [0, 0.05) is 27.6 Å². The highest BCUT2D eigenvalue weighted by molar-refractivity contribution is 6.30. The molecule has 0 amide bonds. The lowest BCUT2D eigenvalue weighted by Crippen LogP contribution is -2.33. The molecule has 0 aromatic heterocycles. The number of methoxy groups -OCH3 is 1. The summed E-state index contributed by atoms with van der Waals surface area (Å²) in [5, 5.41) is 8.49. The summed E-state index contributed by atoms with van der Waals surface area (Å²) in [7, 11) is 1.66. The third-order valence-corrected chi connectivity index (χ3v) is 7.17. The van der Waals surface area contributed by atoms with Crippen molar-refractivity contribution in [2.75, 3.05) is 7.11 Å². The normalized spacial score (nSPS) is 17.9. The van der Waals surface area contributed by atoms with Gasteiger partial charge in [0.25, 0.3) is 0 Å². The topological polar surface area (TPSA) is 43.3 Å². The van der Waals surface area contributed by atoms with E-state index in [0.717, 1.165) is 45.9 Å². The quantitative estimate of drug-likeness (QED) is 0.254. The fourth-order valence-corrected chi connectivity index (χ4v) is 5.01. The van der Waals surface area contributed by atoms with Gasteiger partial charge in [-0.2, -0.15) is 5.10 Å². The second-order valence-electron chi connectivity index (χ2n) is 8.99. The van der Waals surface area contributed by atoms with Gasteiger partial charge < -0.3 is 14.2 Å². The first kappa shape index (κ1) is 23.7. The van der Waals surface area contributed by atoms with Crippen LogP contribution in [0.4, 0.5) is 0 Å². The summed E-state index contributed by atoms with van der Waals surface area (Å²) in [4.78, 5) is 0. The van der Waals surface area contributed by atoms with E-state index >= 15 is 0 Å². The lowest BCUT2D eigenvalue weighted by Gasteiger charge is -2.38. The molecule has 5 nitrogen and oxygen atoms in total. The number of fused-ring (bicyclic) bond motifs is 3. The second kappa shape index (κ2) is 10.0. The average molecular weight is 531 g/mol. The smallest absolute Gasteiger partial charge is 0.214 e. The standard InChI is InChI=1S/C30H24Cl2N2O3/c1-35-28-4-2-3-25-27-17-26(20-7-13-23(32)14-8-20)33-34(27)30(37-29(25)28)21-9-15-24(16-10-21)36-18-19-5-11-22(31)12-6-19/h2-16,27,30H,17-18H2,1H3/t27-,30-/m1/s1. The Kier molecular flexibility index (Phi) is 6.41. The maximum atomic E-state index is 6.56. The highest BCUT2D eigenvalue weighted by atomic mass is 35.5. The van der Waals surface area contributed by atoms with Gasteiger partial charge in [0.2, 0.25) is 6.23 Å². The van der Waals surface area contributed by atoms with Crippen LogP contribution in [0.15, 0.2) is 96.1 Å². The molecule has 37 heavy (non-hydrogen) atoms. The Labute approximate surface area is 225 Å². The highest BCUT2D eigenvalue weighted by Gasteiger charge is 2.42. The monoisotopic (exact) mass is 530 g/mol. The zero-order valence-electron chi connectivity index (χ0n) is 20.1. The van der Waals surface area contributed by atoms with Crippen LogP contribution in [0.5, 0.6) is 17.2 Å². The van der Waals surface area contributed by atoms with Crippen LogP contribution in [0.3, 0.4) is 0 Å². The molecule has 2 aliphatic heterocycles. The molecule has 0 saturated carbocycles. The number of hydrogen-bond donors (Lipinski definition) is 0. The third-order valence-electron chi connectivity index (χ3n) is 6.66. The molecule has 6 rings (SSSR count). The molecule has 2 heterocycles. The van der Waals surface area contributed by atoms with Crippen molar-refractivity contribution in [3.8, 4) is 17.2 Å². The van der Waals surface area contributed by atoms with Gasteiger partial charge in [0.15, 0.2) is 11.5 Å². The molecule has 0 unspecified atom stereocenters. The van der Waals surface area contributed by atoms with Gasteiger partial charge in [0.05, 0.1) is 18.9 Å². The Hall–Kier alpha value is -3.67. The Balaban J connectivity index is 1.29. The largest absolute Gasteiger partial charge is 0.493 e. The summed E-state index contributed by atoms with van der Waals surface area (Å²) in [5.74, 6) is 2.24. The summed E-state index contributed by atoms with van der Waals surface area (Å²) < 4.78 is 18.2. The molecular weight excluding hydrogens is 507 g/mol. The lowest BCUT2D eigenvalue weighted by molar-refractivity contribution is -0.0209. The molecule has 0 bridgehead atoms. The Morgan fingerprint density at radius 1 is 0.892 bits per heavy atom. The zero-order valence-corrected chi connectivity index (χ0v) is 21.6. The van der Waals surface area contributed by atoms with Crippen LogP contribution < -0.4 is 14.2 Å². The van der Waals surface area contributed by atoms with E-state index in [1.54, 1.807) is 7.11 Å². The van der Waals surface area contributed by atoms with Gasteiger partial charge in [-0.1, -0.05) is 59.6 Å². The van der Waals surface area contributed by atoms with Crippen molar-refractivity contribution in [2.45, 2.75) is 25.3 Å². The Morgan fingerprint density at radius 2 is 1.59 bits per heavy atom. The van der Waals surface area contributed by atoms with Gasteiger partial charge >= 0.3 is 0 Å². The first-order valence-corrected chi connectivity index (χ1v) is 12.8. The summed E-state index contributed by atoms with van der Waals surface area (Å²) in [6.07, 6.45) is 0.341. The van der Waals surface area contributed by atoms with Crippen LogP contribution in [0.2, 0.25) is 10.0 Å². The van der Waals surface area contributed by atoms with E-state index < -0.39 is 6.23 Å². The van der Waals surface area contributed by atoms with Crippen molar-refractivity contribution in [3.05, 3.63) is 123 Å². The van der Waals surface area contributed by atoms with Crippen molar-refractivity contribution < 1.29 is 14.2 Å². The van der Waals surface area contributed by atoms with Gasteiger partial charge in [-0.15, -0.1) is 0 Å². The Bertz CT molecular complexity index is 1440. The molecule has 0 saturated heterocycles. The van der Waals surface area contributed by atoms with Crippen molar-refractivity contribution in [3.63, 3.8) is 0 Å². The van der Waals surface area contributed by atoms with E-state index in [4.69, 9.17) is 42.5 Å². The second-order valence-corrected chi connectivity index (χ2v) is 9.86. The first-order chi connectivity index (χ1) is 18.1. The van der Waals surface area contributed by atoms with Gasteiger partial charge in [-0.3, -0.25) is 0 Å². The van der Waals surface area contributed by atoms with Crippen LogP contribution in [0.1, 0.15) is 40.9 Å². The SMILES string of the molecule is COc1cccc2c1O[C@H](c1ccc(OCc3ccc(Cl)cc3)cc1)N1N=C(c3ccc(Cl)cc3)C[C@H]21. The number of halogens is 2. The summed E-state index contributed by atoms with van der Waals surface area (Å²) >= 11 is 12.1. The van der Waals surface area contributed by atoms with E-state index in [0.29, 0.717) is 22.4 Å². The predicted molar refractivity (Wildman–Crippen MR) is 146 cm³/mol. The van der Waals surface area contributed by atoms with Crippen LogP contribution in [0.25, 0.3) is 0 Å². The van der Waals surface area contributed by atoms with Crippen LogP contribution in [-0.2, 0) is 6.61 Å². The van der Waals surface area contributed by atoms with Crippen molar-refractivity contribution in [1.82, 2.24) is 5.01 Å². The van der Waals surface area contributed by atoms with E-state index in [-0.39, 0.29) is 6.04 Å². The molecule has 0 radical (unpaired) electrons. The number of ether oxygens (including phenoxy) is 3. The minimum Gasteiger partial charge on any atom is -0.493 e. The number of hydrogen-bond acceptors (Lipinski definition) is 5. The molecule has 7 heteroatoms. The summed E-state index contributed by atoms with van der Waals surface area (Å²) in [5.41, 5.74) is 5.13. The minimum absolute atomic E-state index is 0.0235. The maximum absolute atomic E-state index is 6.56. The molecule has 0 fully saturated rings. The Morgan fingerprint density at radius 3 is 2.30 bits per heavy atom.